The van der Waals surface area contributed by atoms with Gasteiger partial charge in [-0.1, -0.05) is 41.9 Å². The molecule has 0 saturated heterocycles. The van der Waals surface area contributed by atoms with Crippen molar-refractivity contribution in [3.05, 3.63) is 45.0 Å². The Morgan fingerprint density at radius 2 is 2.11 bits per heavy atom. The number of furan rings is 1. The number of halogens is 3. The van der Waals surface area contributed by atoms with Crippen molar-refractivity contribution in [3.8, 4) is 11.6 Å². The van der Waals surface area contributed by atoms with E-state index in [0.717, 1.165) is 6.42 Å². The van der Waals surface area contributed by atoms with Crippen LogP contribution in [-0.2, 0) is 11.3 Å². The van der Waals surface area contributed by atoms with Crippen LogP contribution in [0.25, 0.3) is 11.6 Å². The number of carbonyl (C=O) groups is 1. The van der Waals surface area contributed by atoms with E-state index in [4.69, 9.17) is 27.6 Å². The van der Waals surface area contributed by atoms with Crippen LogP contribution in [0.4, 0.5) is 5.69 Å². The maximum absolute atomic E-state index is 12.3. The average Bonchev–Trinajstić information content (AvgIpc) is 3.22. The first-order valence-electron chi connectivity index (χ1n) is 8.04. The first-order valence-corrected chi connectivity index (χ1v) is 10.6. The van der Waals surface area contributed by atoms with Crippen LogP contribution in [0, 0.1) is 0 Å². The lowest BCUT2D eigenvalue weighted by molar-refractivity contribution is -0.113. The quantitative estimate of drug-likeness (QED) is 0.428. The Bertz CT molecular complexity index is 960. The molecule has 2 heterocycles. The van der Waals surface area contributed by atoms with E-state index in [1.807, 2.05) is 10.6 Å². The predicted octanol–water partition coefficient (Wildman–Crippen LogP) is 5.75. The van der Waals surface area contributed by atoms with E-state index in [-0.39, 0.29) is 11.7 Å². The van der Waals surface area contributed by atoms with E-state index in [9.17, 15) is 4.79 Å². The summed E-state index contributed by atoms with van der Waals surface area (Å²) >= 11 is 16.5. The second-order valence-corrected chi connectivity index (χ2v) is 8.09. The summed E-state index contributed by atoms with van der Waals surface area (Å²) in [5, 5.41) is 12.7. The number of benzene rings is 1. The number of aromatic nitrogens is 3. The molecule has 27 heavy (non-hydrogen) atoms. The SMILES string of the molecule is CCCn1c(SCC(=O)Nc2ccc(Cl)cc2Cl)nnc1-c1ccc(Br)o1. The Kier molecular flexibility index (Phi) is 6.86. The standard InChI is InChI=1S/C17H15BrCl2N4O2S/c1-2-7-24-16(13-5-6-14(18)26-13)22-23-17(24)27-9-15(25)21-12-4-3-10(19)8-11(12)20/h3-6,8H,2,7,9H2,1H3,(H,21,25). The van der Waals surface area contributed by atoms with E-state index < -0.39 is 0 Å². The zero-order valence-corrected chi connectivity index (χ0v) is 18.1. The first kappa shape index (κ1) is 20.3. The molecule has 3 aromatic rings. The van der Waals surface area contributed by atoms with Crippen molar-refractivity contribution in [3.63, 3.8) is 0 Å². The van der Waals surface area contributed by atoms with Gasteiger partial charge < -0.3 is 9.73 Å². The Hall–Kier alpha value is -1.48. The minimum Gasteiger partial charge on any atom is -0.446 e. The summed E-state index contributed by atoms with van der Waals surface area (Å²) in [5.74, 6) is 1.22. The van der Waals surface area contributed by atoms with Gasteiger partial charge in [-0.3, -0.25) is 9.36 Å². The molecular weight excluding hydrogens is 475 g/mol. The van der Waals surface area contributed by atoms with E-state index in [2.05, 4.69) is 38.4 Å². The van der Waals surface area contributed by atoms with Crippen molar-refractivity contribution in [2.75, 3.05) is 11.1 Å². The molecule has 0 saturated carbocycles. The van der Waals surface area contributed by atoms with Gasteiger partial charge in [0.1, 0.15) is 0 Å². The Balaban J connectivity index is 1.70. The molecule has 0 aliphatic heterocycles. The van der Waals surface area contributed by atoms with Gasteiger partial charge in [-0.2, -0.15) is 0 Å². The lowest BCUT2D eigenvalue weighted by Crippen LogP contribution is -2.15. The van der Waals surface area contributed by atoms with Crippen LogP contribution < -0.4 is 5.32 Å². The maximum Gasteiger partial charge on any atom is 0.234 e. The summed E-state index contributed by atoms with van der Waals surface area (Å²) < 4.78 is 8.14. The van der Waals surface area contributed by atoms with Crippen LogP contribution in [-0.4, -0.2) is 26.4 Å². The first-order chi connectivity index (χ1) is 13.0. The molecule has 0 fully saturated rings. The number of amides is 1. The Morgan fingerprint density at radius 1 is 1.30 bits per heavy atom. The van der Waals surface area contributed by atoms with Crippen molar-refractivity contribution in [1.29, 1.82) is 0 Å². The molecule has 1 amide bonds. The highest BCUT2D eigenvalue weighted by molar-refractivity contribution is 9.10. The summed E-state index contributed by atoms with van der Waals surface area (Å²) in [6.45, 7) is 2.78. The van der Waals surface area contributed by atoms with Crippen LogP contribution in [0.1, 0.15) is 13.3 Å². The molecule has 0 spiro atoms. The summed E-state index contributed by atoms with van der Waals surface area (Å²) in [6, 6.07) is 8.54. The lowest BCUT2D eigenvalue weighted by atomic mass is 10.3. The largest absolute Gasteiger partial charge is 0.446 e. The van der Waals surface area contributed by atoms with Gasteiger partial charge in [0.2, 0.25) is 11.7 Å². The zero-order valence-electron chi connectivity index (χ0n) is 14.2. The van der Waals surface area contributed by atoms with Crippen LogP contribution in [0.3, 0.4) is 0 Å². The number of hydrogen-bond donors (Lipinski definition) is 1. The summed E-state index contributed by atoms with van der Waals surface area (Å²) in [6.07, 6.45) is 0.896. The number of hydrogen-bond acceptors (Lipinski definition) is 5. The van der Waals surface area contributed by atoms with Gasteiger partial charge in [-0.05, 0) is 52.7 Å². The summed E-state index contributed by atoms with van der Waals surface area (Å²) in [7, 11) is 0. The number of nitrogens with zero attached hydrogens (tertiary/aromatic N) is 3. The van der Waals surface area contributed by atoms with E-state index in [0.29, 0.717) is 43.7 Å². The second-order valence-electron chi connectivity index (χ2n) is 5.52. The highest BCUT2D eigenvalue weighted by Gasteiger charge is 2.18. The molecule has 10 heteroatoms. The molecule has 0 aliphatic carbocycles. The predicted molar refractivity (Wildman–Crippen MR) is 112 cm³/mol. The fraction of sp³-hybridized carbons (Fsp3) is 0.235. The van der Waals surface area contributed by atoms with Crippen molar-refractivity contribution in [1.82, 2.24) is 14.8 Å². The van der Waals surface area contributed by atoms with Crippen molar-refractivity contribution in [2.24, 2.45) is 0 Å². The minimum atomic E-state index is -0.197. The third kappa shape index (κ3) is 5.07. The fourth-order valence-corrected chi connectivity index (χ4v) is 3.87. The van der Waals surface area contributed by atoms with Crippen molar-refractivity contribution in [2.45, 2.75) is 25.0 Å². The number of anilines is 1. The van der Waals surface area contributed by atoms with Crippen LogP contribution in [0.15, 0.2) is 44.6 Å². The van der Waals surface area contributed by atoms with Gasteiger partial charge in [0.05, 0.1) is 16.5 Å². The maximum atomic E-state index is 12.3. The topological polar surface area (TPSA) is 73.0 Å². The van der Waals surface area contributed by atoms with Gasteiger partial charge >= 0.3 is 0 Å². The third-order valence-corrected chi connectivity index (χ3v) is 5.44. The van der Waals surface area contributed by atoms with Gasteiger partial charge in [0, 0.05) is 11.6 Å². The molecule has 0 radical (unpaired) electrons. The zero-order chi connectivity index (χ0) is 19.4. The minimum absolute atomic E-state index is 0.169. The fourth-order valence-electron chi connectivity index (χ4n) is 2.34. The molecule has 2 aromatic heterocycles. The Labute approximate surface area is 178 Å². The highest BCUT2D eigenvalue weighted by Crippen LogP contribution is 2.28. The molecule has 1 N–H and O–H groups in total. The van der Waals surface area contributed by atoms with Crippen LogP contribution >= 0.6 is 50.9 Å². The van der Waals surface area contributed by atoms with Crippen LogP contribution in [0.2, 0.25) is 10.0 Å². The molecule has 0 aliphatic rings. The molecule has 6 nitrogen and oxygen atoms in total. The molecule has 0 atom stereocenters. The molecule has 142 valence electrons. The van der Waals surface area contributed by atoms with Gasteiger partial charge in [0.15, 0.2) is 15.6 Å². The number of nitrogens with one attached hydrogen (secondary N) is 1. The van der Waals surface area contributed by atoms with Crippen LogP contribution in [0.5, 0.6) is 0 Å². The van der Waals surface area contributed by atoms with Crippen molar-refractivity contribution < 1.29 is 9.21 Å². The monoisotopic (exact) mass is 488 g/mol. The number of rotatable bonds is 7. The molecule has 3 rings (SSSR count). The summed E-state index contributed by atoms with van der Waals surface area (Å²) in [5.41, 5.74) is 0.516. The van der Waals surface area contributed by atoms with E-state index >= 15 is 0 Å². The number of carbonyl (C=O) groups excluding carboxylic acids is 1. The third-order valence-electron chi connectivity index (χ3n) is 3.50. The number of thioether (sulfide) groups is 1. The molecule has 0 bridgehead atoms. The van der Waals surface area contributed by atoms with Gasteiger partial charge in [-0.15, -0.1) is 10.2 Å². The normalized spacial score (nSPS) is 11.0. The highest BCUT2D eigenvalue weighted by atomic mass is 79.9. The summed E-state index contributed by atoms with van der Waals surface area (Å²) in [4.78, 5) is 12.3. The average molecular weight is 490 g/mol. The molecule has 0 unspecified atom stereocenters. The van der Waals surface area contributed by atoms with Gasteiger partial charge in [0.25, 0.3) is 0 Å². The second kappa shape index (κ2) is 9.14. The smallest absolute Gasteiger partial charge is 0.234 e. The Morgan fingerprint density at radius 3 is 2.78 bits per heavy atom. The van der Waals surface area contributed by atoms with Gasteiger partial charge in [-0.25, -0.2) is 0 Å². The molecular formula is C17H15BrCl2N4O2S. The van der Waals surface area contributed by atoms with E-state index in [1.54, 1.807) is 24.3 Å². The molecule has 1 aromatic carbocycles. The van der Waals surface area contributed by atoms with Crippen molar-refractivity contribution >= 4 is 62.5 Å². The lowest BCUT2D eigenvalue weighted by Gasteiger charge is -2.09. The van der Waals surface area contributed by atoms with E-state index in [1.165, 1.54) is 11.8 Å².